The molecule has 1 aliphatic carbocycles. The van der Waals surface area contributed by atoms with Crippen LogP contribution in [0.1, 0.15) is 25.0 Å². The Bertz CT molecular complexity index is 370. The predicted octanol–water partition coefficient (Wildman–Crippen LogP) is 1.81. The van der Waals surface area contributed by atoms with Gasteiger partial charge in [0, 0.05) is 24.4 Å². The van der Waals surface area contributed by atoms with Gasteiger partial charge in [0.05, 0.1) is 12.2 Å². The Morgan fingerprint density at radius 2 is 2.27 bits per heavy atom. The van der Waals surface area contributed by atoms with E-state index in [1.165, 1.54) is 0 Å². The van der Waals surface area contributed by atoms with E-state index in [4.69, 9.17) is 0 Å². The minimum Gasteiger partial charge on any atom is -0.383 e. The van der Waals surface area contributed by atoms with Gasteiger partial charge < -0.3 is 5.32 Å². The first-order chi connectivity index (χ1) is 7.34. The SMILES string of the molecule is O=C1C=C(NCc2ccccn2)CCC1. The Balaban J connectivity index is 1.91. The van der Waals surface area contributed by atoms with Crippen molar-refractivity contribution in [2.75, 3.05) is 0 Å². The highest BCUT2D eigenvalue weighted by atomic mass is 16.1. The number of hydrogen-bond donors (Lipinski definition) is 1. The summed E-state index contributed by atoms with van der Waals surface area (Å²) in [6.07, 6.45) is 6.11. The van der Waals surface area contributed by atoms with Crippen LogP contribution < -0.4 is 5.32 Å². The van der Waals surface area contributed by atoms with Crippen LogP contribution in [0, 0.1) is 0 Å². The molecule has 0 unspecified atom stereocenters. The second-order valence-electron chi connectivity index (χ2n) is 3.66. The molecule has 0 atom stereocenters. The standard InChI is InChI=1S/C12H14N2O/c15-12-6-3-5-10(8-12)14-9-11-4-1-2-7-13-11/h1-2,4,7-8,14H,3,5-6,9H2. The second kappa shape index (κ2) is 4.73. The van der Waals surface area contributed by atoms with E-state index in [9.17, 15) is 4.79 Å². The number of aromatic nitrogens is 1. The lowest BCUT2D eigenvalue weighted by Gasteiger charge is -2.13. The van der Waals surface area contributed by atoms with Crippen LogP contribution in [-0.4, -0.2) is 10.8 Å². The molecule has 1 aromatic heterocycles. The molecule has 1 aliphatic rings. The molecule has 3 heteroatoms. The van der Waals surface area contributed by atoms with E-state index >= 15 is 0 Å². The molecule has 0 spiro atoms. The number of pyridine rings is 1. The Morgan fingerprint density at radius 3 is 3.00 bits per heavy atom. The van der Waals surface area contributed by atoms with E-state index in [1.54, 1.807) is 12.3 Å². The van der Waals surface area contributed by atoms with Crippen molar-refractivity contribution in [3.05, 3.63) is 41.9 Å². The number of carbonyl (C=O) groups is 1. The van der Waals surface area contributed by atoms with Crippen molar-refractivity contribution < 1.29 is 4.79 Å². The third-order valence-electron chi connectivity index (χ3n) is 2.43. The quantitative estimate of drug-likeness (QED) is 0.812. The highest BCUT2D eigenvalue weighted by Crippen LogP contribution is 2.12. The average molecular weight is 202 g/mol. The fourth-order valence-electron chi connectivity index (χ4n) is 1.64. The van der Waals surface area contributed by atoms with Gasteiger partial charge in [0.25, 0.3) is 0 Å². The van der Waals surface area contributed by atoms with E-state index in [0.717, 1.165) is 24.2 Å². The van der Waals surface area contributed by atoms with Crippen molar-refractivity contribution in [2.24, 2.45) is 0 Å². The van der Waals surface area contributed by atoms with Crippen molar-refractivity contribution in [1.29, 1.82) is 0 Å². The third kappa shape index (κ3) is 2.91. The summed E-state index contributed by atoms with van der Waals surface area (Å²) in [5, 5.41) is 3.25. The van der Waals surface area contributed by atoms with Crippen LogP contribution in [0.4, 0.5) is 0 Å². The number of carbonyl (C=O) groups excluding carboxylic acids is 1. The molecule has 2 rings (SSSR count). The largest absolute Gasteiger partial charge is 0.383 e. The molecule has 1 heterocycles. The number of nitrogens with one attached hydrogen (secondary N) is 1. The third-order valence-corrected chi connectivity index (χ3v) is 2.43. The lowest BCUT2D eigenvalue weighted by molar-refractivity contribution is -0.115. The molecule has 78 valence electrons. The molecule has 0 aliphatic heterocycles. The molecule has 3 nitrogen and oxygen atoms in total. The minimum absolute atomic E-state index is 0.227. The van der Waals surface area contributed by atoms with Crippen molar-refractivity contribution in [2.45, 2.75) is 25.8 Å². The number of ketones is 1. The monoisotopic (exact) mass is 202 g/mol. The van der Waals surface area contributed by atoms with Gasteiger partial charge in [-0.1, -0.05) is 6.07 Å². The van der Waals surface area contributed by atoms with Gasteiger partial charge in [-0.05, 0) is 25.0 Å². The fraction of sp³-hybridized carbons (Fsp3) is 0.333. The molecule has 1 N–H and O–H groups in total. The van der Waals surface area contributed by atoms with Gasteiger partial charge in [0.1, 0.15) is 0 Å². The van der Waals surface area contributed by atoms with Gasteiger partial charge in [-0.25, -0.2) is 0 Å². The van der Waals surface area contributed by atoms with Gasteiger partial charge in [-0.2, -0.15) is 0 Å². The Hall–Kier alpha value is -1.64. The van der Waals surface area contributed by atoms with Crippen LogP contribution >= 0.6 is 0 Å². The average Bonchev–Trinajstić information content (AvgIpc) is 2.28. The zero-order chi connectivity index (χ0) is 10.5. The maximum atomic E-state index is 11.2. The summed E-state index contributed by atoms with van der Waals surface area (Å²) in [4.78, 5) is 15.4. The molecule has 0 aromatic carbocycles. The number of rotatable bonds is 3. The first-order valence-corrected chi connectivity index (χ1v) is 5.22. The van der Waals surface area contributed by atoms with E-state index in [0.29, 0.717) is 13.0 Å². The highest BCUT2D eigenvalue weighted by Gasteiger charge is 2.09. The van der Waals surface area contributed by atoms with Gasteiger partial charge >= 0.3 is 0 Å². The van der Waals surface area contributed by atoms with Crippen LogP contribution in [0.5, 0.6) is 0 Å². The number of nitrogens with zero attached hydrogens (tertiary/aromatic N) is 1. The minimum atomic E-state index is 0.227. The lowest BCUT2D eigenvalue weighted by Crippen LogP contribution is -2.17. The summed E-state index contributed by atoms with van der Waals surface area (Å²) in [5.74, 6) is 0.227. The van der Waals surface area contributed by atoms with Crippen LogP contribution in [-0.2, 0) is 11.3 Å². The van der Waals surface area contributed by atoms with Gasteiger partial charge in [-0.3, -0.25) is 9.78 Å². The lowest BCUT2D eigenvalue weighted by atomic mass is 10.0. The summed E-state index contributed by atoms with van der Waals surface area (Å²) in [6, 6.07) is 5.83. The summed E-state index contributed by atoms with van der Waals surface area (Å²) in [6.45, 7) is 0.694. The number of hydrogen-bond acceptors (Lipinski definition) is 3. The van der Waals surface area contributed by atoms with Crippen molar-refractivity contribution in [1.82, 2.24) is 10.3 Å². The normalized spacial score (nSPS) is 16.0. The summed E-state index contributed by atoms with van der Waals surface area (Å²) in [7, 11) is 0. The van der Waals surface area contributed by atoms with Gasteiger partial charge in [0.2, 0.25) is 0 Å². The van der Waals surface area contributed by atoms with E-state index in [1.807, 2.05) is 18.2 Å². The maximum Gasteiger partial charge on any atom is 0.157 e. The second-order valence-corrected chi connectivity index (χ2v) is 3.66. The first kappa shape index (κ1) is 9.90. The Kier molecular flexibility index (Phi) is 3.12. The fourth-order valence-corrected chi connectivity index (χ4v) is 1.64. The van der Waals surface area contributed by atoms with Crippen LogP contribution in [0.15, 0.2) is 36.2 Å². The smallest absolute Gasteiger partial charge is 0.157 e. The molecule has 0 bridgehead atoms. The zero-order valence-corrected chi connectivity index (χ0v) is 8.57. The summed E-state index contributed by atoms with van der Waals surface area (Å²) in [5.41, 5.74) is 2.04. The summed E-state index contributed by atoms with van der Waals surface area (Å²) < 4.78 is 0. The van der Waals surface area contributed by atoms with Gasteiger partial charge in [0.15, 0.2) is 5.78 Å². The molecule has 0 amide bonds. The maximum absolute atomic E-state index is 11.2. The molecular formula is C12H14N2O. The molecule has 0 saturated heterocycles. The van der Waals surface area contributed by atoms with Gasteiger partial charge in [-0.15, -0.1) is 0 Å². The topological polar surface area (TPSA) is 42.0 Å². The first-order valence-electron chi connectivity index (χ1n) is 5.22. The van der Waals surface area contributed by atoms with Crippen LogP contribution in [0.2, 0.25) is 0 Å². The molecular weight excluding hydrogens is 188 g/mol. The van der Waals surface area contributed by atoms with Crippen molar-refractivity contribution >= 4 is 5.78 Å². The highest BCUT2D eigenvalue weighted by molar-refractivity contribution is 5.90. The predicted molar refractivity (Wildman–Crippen MR) is 58.0 cm³/mol. The van der Waals surface area contributed by atoms with E-state index in [2.05, 4.69) is 10.3 Å². The summed E-state index contributed by atoms with van der Waals surface area (Å²) >= 11 is 0. The molecule has 0 fully saturated rings. The Morgan fingerprint density at radius 1 is 1.33 bits per heavy atom. The van der Waals surface area contributed by atoms with Crippen molar-refractivity contribution in [3.8, 4) is 0 Å². The van der Waals surface area contributed by atoms with E-state index < -0.39 is 0 Å². The Labute approximate surface area is 89.2 Å². The molecule has 0 saturated carbocycles. The molecule has 1 aromatic rings. The number of allylic oxidation sites excluding steroid dienone is 2. The van der Waals surface area contributed by atoms with E-state index in [-0.39, 0.29) is 5.78 Å². The van der Waals surface area contributed by atoms with Crippen LogP contribution in [0.3, 0.4) is 0 Å². The molecule has 0 radical (unpaired) electrons. The van der Waals surface area contributed by atoms with Crippen molar-refractivity contribution in [3.63, 3.8) is 0 Å². The van der Waals surface area contributed by atoms with Crippen LogP contribution in [0.25, 0.3) is 0 Å². The molecule has 15 heavy (non-hydrogen) atoms. The zero-order valence-electron chi connectivity index (χ0n) is 8.57.